The second-order valence-corrected chi connectivity index (χ2v) is 2.86. The lowest BCUT2D eigenvalue weighted by atomic mass is 11.9. The Balaban J connectivity index is 2.19. The molecular formula is CH3ClNSi2. The highest BCUT2D eigenvalue weighted by molar-refractivity contribution is 6.52. The van der Waals surface area contributed by atoms with Crippen molar-refractivity contribution in [1.82, 2.24) is 4.65 Å². The monoisotopic (exact) mass is 120 g/mol. The third-order valence-electron chi connectivity index (χ3n) is 0.155. The average molecular weight is 121 g/mol. The molecule has 1 N–H and O–H groups in total. The highest BCUT2D eigenvalue weighted by atomic mass is 35.5. The molecule has 0 aromatic heterocycles. The van der Waals surface area contributed by atoms with E-state index in [0.29, 0.717) is 15.2 Å². The first-order valence-corrected chi connectivity index (χ1v) is 3.36. The highest BCUT2D eigenvalue weighted by Crippen LogP contribution is 1.60. The van der Waals surface area contributed by atoms with Crippen LogP contribution in [-0.2, 0) is 0 Å². The minimum Gasteiger partial charge on any atom is -0.364 e. The van der Waals surface area contributed by atoms with Gasteiger partial charge >= 0.3 is 0 Å². The molecule has 1 nitrogen and oxygen atoms in total. The van der Waals surface area contributed by atoms with E-state index in [2.05, 4.69) is 15.1 Å². The molecule has 5 heavy (non-hydrogen) atoms. The zero-order chi connectivity index (χ0) is 4.12. The van der Waals surface area contributed by atoms with Crippen LogP contribution in [0, 0.1) is 0 Å². The van der Waals surface area contributed by atoms with Gasteiger partial charge in [-0.3, -0.25) is 0 Å². The third kappa shape index (κ3) is 4.68. The fraction of sp³-hybridized carbons (Fsp3) is 1.00. The molecule has 4 heteroatoms. The van der Waals surface area contributed by atoms with E-state index < -0.39 is 0 Å². The summed E-state index contributed by atoms with van der Waals surface area (Å²) in [4.78, 5) is 0. The van der Waals surface area contributed by atoms with E-state index in [1.807, 2.05) is 0 Å². The molecule has 5 radical (unpaired) electrons. The second-order valence-electron chi connectivity index (χ2n) is 0.435. The molecule has 0 saturated heterocycles. The Bertz CT molecular complexity index is 17.1. The Morgan fingerprint density at radius 1 is 2.00 bits per heavy atom. The molecule has 0 aliphatic heterocycles. The van der Waals surface area contributed by atoms with Crippen molar-refractivity contribution in [1.29, 1.82) is 0 Å². The molecule has 0 saturated carbocycles. The molecule has 0 fully saturated rings. The SMILES string of the molecule is [Si]N[Si]CCl. The number of halogens is 1. The van der Waals surface area contributed by atoms with Crippen LogP contribution in [0.1, 0.15) is 0 Å². The summed E-state index contributed by atoms with van der Waals surface area (Å²) in [6.07, 6.45) is 0. The van der Waals surface area contributed by atoms with Crippen molar-refractivity contribution in [3.05, 3.63) is 0 Å². The Kier molecular flexibility index (Phi) is 5.32. The first-order valence-electron chi connectivity index (χ1n) is 1.12. The summed E-state index contributed by atoms with van der Waals surface area (Å²) in [6, 6.07) is 0. The average Bonchev–Trinajstić information content (AvgIpc) is 1.41. The van der Waals surface area contributed by atoms with Crippen LogP contribution in [0.25, 0.3) is 0 Å². The van der Waals surface area contributed by atoms with E-state index in [4.69, 9.17) is 11.6 Å². The predicted molar refractivity (Wildman–Crippen MR) is 25.4 cm³/mol. The molecule has 0 bridgehead atoms. The van der Waals surface area contributed by atoms with Crippen LogP contribution in [0.4, 0.5) is 0 Å². The predicted octanol–water partition coefficient (Wildman–Crippen LogP) is -0.525. The summed E-state index contributed by atoms with van der Waals surface area (Å²) < 4.78 is 2.72. The number of rotatable bonds is 2. The molecule has 27 valence electrons. The maximum atomic E-state index is 5.22. The first kappa shape index (κ1) is 5.68. The van der Waals surface area contributed by atoms with Gasteiger partial charge in [-0.25, -0.2) is 0 Å². The summed E-state index contributed by atoms with van der Waals surface area (Å²) in [5.41, 5.74) is 0.684. The summed E-state index contributed by atoms with van der Waals surface area (Å²) >= 11 is 5.22. The van der Waals surface area contributed by atoms with Gasteiger partial charge in [0.1, 0.15) is 20.1 Å². The third-order valence-corrected chi connectivity index (χ3v) is 1.40. The molecule has 0 aromatic rings. The summed E-state index contributed by atoms with van der Waals surface area (Å²) in [6.45, 7) is 0. The van der Waals surface area contributed by atoms with Gasteiger partial charge in [-0.2, -0.15) is 0 Å². The number of alkyl halides is 1. The minimum atomic E-state index is 0.627. The zero-order valence-electron chi connectivity index (χ0n) is 2.59. The minimum absolute atomic E-state index is 0.627. The van der Waals surface area contributed by atoms with Gasteiger partial charge in [-0.15, -0.1) is 11.6 Å². The summed E-state index contributed by atoms with van der Waals surface area (Å²) in [7, 11) is 3.65. The smallest absolute Gasteiger partial charge is 0.147 e. The second kappa shape index (κ2) is 4.68. The van der Waals surface area contributed by atoms with Crippen LogP contribution < -0.4 is 4.65 Å². The van der Waals surface area contributed by atoms with Gasteiger partial charge in [-0.05, 0) is 0 Å². The summed E-state index contributed by atoms with van der Waals surface area (Å²) in [5, 5.41) is 0. The maximum absolute atomic E-state index is 5.22. The van der Waals surface area contributed by atoms with Crippen LogP contribution in [0.5, 0.6) is 0 Å². The molecular weight excluding hydrogens is 118 g/mol. The maximum Gasteiger partial charge on any atom is 0.147 e. The van der Waals surface area contributed by atoms with E-state index in [0.717, 1.165) is 0 Å². The van der Waals surface area contributed by atoms with Crippen molar-refractivity contribution < 1.29 is 0 Å². The van der Waals surface area contributed by atoms with Gasteiger partial charge in [0.25, 0.3) is 0 Å². The molecule has 0 atom stereocenters. The van der Waals surface area contributed by atoms with E-state index >= 15 is 0 Å². The lowest BCUT2D eigenvalue weighted by Gasteiger charge is -1.79. The van der Waals surface area contributed by atoms with Gasteiger partial charge in [0, 0.05) is 5.50 Å². The van der Waals surface area contributed by atoms with Crippen LogP contribution in [0.15, 0.2) is 0 Å². The molecule has 0 aliphatic rings. The van der Waals surface area contributed by atoms with Crippen molar-refractivity contribution in [2.75, 3.05) is 5.50 Å². The number of nitrogens with one attached hydrogen (secondary N) is 1. The van der Waals surface area contributed by atoms with Gasteiger partial charge in [0.2, 0.25) is 0 Å². The Morgan fingerprint density at radius 3 is 2.60 bits per heavy atom. The van der Waals surface area contributed by atoms with Crippen molar-refractivity contribution >= 4 is 31.7 Å². The molecule has 0 spiro atoms. The molecule has 0 unspecified atom stereocenters. The van der Waals surface area contributed by atoms with Gasteiger partial charge < -0.3 is 4.65 Å². The van der Waals surface area contributed by atoms with Crippen LogP contribution in [-0.4, -0.2) is 25.6 Å². The fourth-order valence-corrected chi connectivity index (χ4v) is 0.902. The standard InChI is InChI=1S/CH3ClNSi2/c2-1-5-3-4/h3H,1H2. The van der Waals surface area contributed by atoms with Gasteiger partial charge in [-0.1, -0.05) is 0 Å². The van der Waals surface area contributed by atoms with E-state index in [1.165, 1.54) is 0 Å². The Hall–Kier alpha value is 0.684. The lowest BCUT2D eigenvalue weighted by molar-refractivity contribution is 1.61. The molecule has 0 amide bonds. The van der Waals surface area contributed by atoms with Gasteiger partial charge in [0.05, 0.1) is 0 Å². The van der Waals surface area contributed by atoms with E-state index in [9.17, 15) is 0 Å². The van der Waals surface area contributed by atoms with Crippen molar-refractivity contribution in [3.63, 3.8) is 0 Å². The van der Waals surface area contributed by atoms with E-state index in [1.54, 1.807) is 0 Å². The van der Waals surface area contributed by atoms with Crippen LogP contribution in [0.3, 0.4) is 0 Å². The van der Waals surface area contributed by atoms with Crippen molar-refractivity contribution in [2.24, 2.45) is 0 Å². The van der Waals surface area contributed by atoms with E-state index in [-0.39, 0.29) is 0 Å². The van der Waals surface area contributed by atoms with Crippen molar-refractivity contribution in [2.45, 2.75) is 0 Å². The topological polar surface area (TPSA) is 12.0 Å². The quantitative estimate of drug-likeness (QED) is 0.382. The number of hydrogen-bond donors (Lipinski definition) is 1. The summed E-state index contributed by atoms with van der Waals surface area (Å²) in [5.74, 6) is 0. The number of hydrogen-bond acceptors (Lipinski definition) is 1. The van der Waals surface area contributed by atoms with Crippen LogP contribution in [0.2, 0.25) is 0 Å². The fourth-order valence-electron chi connectivity index (χ4n) is 0.0334. The molecule has 0 rings (SSSR count). The largest absolute Gasteiger partial charge is 0.364 e. The molecule has 0 aliphatic carbocycles. The Labute approximate surface area is 42.5 Å². The molecule has 0 aromatic carbocycles. The van der Waals surface area contributed by atoms with Crippen molar-refractivity contribution in [3.8, 4) is 0 Å². The van der Waals surface area contributed by atoms with Crippen LogP contribution >= 0.6 is 11.6 Å². The van der Waals surface area contributed by atoms with Gasteiger partial charge in [0.15, 0.2) is 0 Å². The molecule has 0 heterocycles. The highest BCUT2D eigenvalue weighted by Gasteiger charge is 1.72. The zero-order valence-corrected chi connectivity index (χ0v) is 5.34. The Morgan fingerprint density at radius 2 is 2.60 bits per heavy atom. The normalized spacial score (nSPS) is 8.40. The first-order chi connectivity index (χ1) is 2.41. The lowest BCUT2D eigenvalue weighted by Crippen LogP contribution is -2.15.